The largest absolute Gasteiger partial charge is 0.479 e. The van der Waals surface area contributed by atoms with Crippen LogP contribution in [-0.4, -0.2) is 27.7 Å². The Kier molecular flexibility index (Phi) is 4.94. The van der Waals surface area contributed by atoms with Gasteiger partial charge in [0.05, 0.1) is 22.8 Å². The Bertz CT molecular complexity index is 1350. The number of aryl methyl sites for hydroxylation is 2. The van der Waals surface area contributed by atoms with E-state index in [0.717, 1.165) is 21.5 Å². The van der Waals surface area contributed by atoms with Crippen LogP contribution in [0.3, 0.4) is 0 Å². The van der Waals surface area contributed by atoms with Gasteiger partial charge in [-0.15, -0.1) is 11.3 Å². The van der Waals surface area contributed by atoms with E-state index >= 15 is 0 Å². The second-order valence-corrected chi connectivity index (χ2v) is 9.00. The van der Waals surface area contributed by atoms with E-state index < -0.39 is 6.10 Å². The van der Waals surface area contributed by atoms with Crippen molar-refractivity contribution in [2.45, 2.75) is 33.4 Å². The lowest BCUT2D eigenvalue weighted by Gasteiger charge is -2.23. The molecule has 2 N–H and O–H groups in total. The maximum atomic E-state index is 12.9. The predicted octanol–water partition coefficient (Wildman–Crippen LogP) is 4.73. The molecular weight excluding hydrogens is 424 g/mol. The van der Waals surface area contributed by atoms with Gasteiger partial charge in [0.15, 0.2) is 6.10 Å². The number of carbonyl (C=O) groups excluding carboxylic acids is 2. The summed E-state index contributed by atoms with van der Waals surface area (Å²) in [5.41, 5.74) is 4.40. The van der Waals surface area contributed by atoms with E-state index in [4.69, 9.17) is 4.74 Å². The molecule has 0 spiro atoms. The fourth-order valence-electron chi connectivity index (χ4n) is 3.68. The Hall–Kier alpha value is -3.65. The molecule has 0 fully saturated rings. The average molecular weight is 447 g/mol. The van der Waals surface area contributed by atoms with Crippen LogP contribution in [0.2, 0.25) is 0 Å². The number of hydrogen-bond donors (Lipinski definition) is 2. The first-order chi connectivity index (χ1) is 15.4. The van der Waals surface area contributed by atoms with Crippen LogP contribution in [0.25, 0.3) is 10.2 Å². The third-order valence-corrected chi connectivity index (χ3v) is 6.60. The van der Waals surface area contributed by atoms with Crippen molar-refractivity contribution in [3.05, 3.63) is 70.2 Å². The van der Waals surface area contributed by atoms with Gasteiger partial charge in [-0.25, -0.2) is 0 Å². The molecule has 32 heavy (non-hydrogen) atoms. The summed E-state index contributed by atoms with van der Waals surface area (Å²) in [5, 5.41) is 11.3. The van der Waals surface area contributed by atoms with Gasteiger partial charge in [-0.05, 0) is 50.6 Å². The number of anilines is 2. The number of nitrogens with zero attached hydrogens (tertiary/aromatic N) is 2. The van der Waals surface area contributed by atoms with Crippen molar-refractivity contribution in [2.24, 2.45) is 0 Å². The molecule has 8 heteroatoms. The Labute approximate surface area is 189 Å². The van der Waals surface area contributed by atoms with Gasteiger partial charge in [-0.1, -0.05) is 29.8 Å². The van der Waals surface area contributed by atoms with Crippen molar-refractivity contribution in [3.63, 3.8) is 0 Å². The monoisotopic (exact) mass is 446 g/mol. The number of ether oxygens (including phenoxy) is 1. The molecule has 1 aliphatic heterocycles. The number of aromatic nitrogens is 2. The number of rotatable bonds is 4. The summed E-state index contributed by atoms with van der Waals surface area (Å²) in [4.78, 5) is 26.4. The molecule has 0 bridgehead atoms. The minimum absolute atomic E-state index is 0.205. The van der Waals surface area contributed by atoms with Gasteiger partial charge in [0, 0.05) is 11.1 Å². The maximum absolute atomic E-state index is 12.9. The highest BCUT2D eigenvalue weighted by Crippen LogP contribution is 2.33. The molecule has 1 aliphatic rings. The van der Waals surface area contributed by atoms with Crippen LogP contribution in [0.15, 0.2) is 48.5 Å². The summed E-state index contributed by atoms with van der Waals surface area (Å²) in [7, 11) is 0. The summed E-state index contributed by atoms with van der Waals surface area (Å²) in [6, 6.07) is 15.5. The Balaban J connectivity index is 1.38. The third kappa shape index (κ3) is 3.73. The van der Waals surface area contributed by atoms with Crippen molar-refractivity contribution in [1.82, 2.24) is 9.78 Å². The molecule has 0 saturated heterocycles. The summed E-state index contributed by atoms with van der Waals surface area (Å²) < 4.78 is 7.52. The SMILES string of the molecule is Cc1ccc(Cn2nc(C)c3cc(C(=O)Nc4ccc5c(c4)NC(=O)[C@@H](C)O5)sc32)cc1. The van der Waals surface area contributed by atoms with Crippen molar-refractivity contribution < 1.29 is 14.3 Å². The van der Waals surface area contributed by atoms with Gasteiger partial charge in [0.25, 0.3) is 11.8 Å². The fourth-order valence-corrected chi connectivity index (χ4v) is 4.73. The van der Waals surface area contributed by atoms with Crippen LogP contribution in [-0.2, 0) is 11.3 Å². The van der Waals surface area contributed by atoms with Gasteiger partial charge >= 0.3 is 0 Å². The van der Waals surface area contributed by atoms with Gasteiger partial charge in [-0.3, -0.25) is 14.3 Å². The van der Waals surface area contributed by atoms with Crippen molar-refractivity contribution in [1.29, 1.82) is 0 Å². The van der Waals surface area contributed by atoms with Crippen LogP contribution in [0.4, 0.5) is 11.4 Å². The molecule has 0 saturated carbocycles. The first-order valence-electron chi connectivity index (χ1n) is 10.3. The van der Waals surface area contributed by atoms with Crippen LogP contribution in [0, 0.1) is 13.8 Å². The van der Waals surface area contributed by atoms with Gasteiger partial charge in [0.1, 0.15) is 10.6 Å². The number of fused-ring (bicyclic) bond motifs is 2. The highest BCUT2D eigenvalue weighted by Gasteiger charge is 2.24. The summed E-state index contributed by atoms with van der Waals surface area (Å²) >= 11 is 1.42. The van der Waals surface area contributed by atoms with Crippen LogP contribution < -0.4 is 15.4 Å². The minimum atomic E-state index is -0.538. The fraction of sp³-hybridized carbons (Fsp3) is 0.208. The molecule has 2 aromatic carbocycles. The van der Waals surface area contributed by atoms with E-state index in [1.54, 1.807) is 25.1 Å². The molecule has 5 rings (SSSR count). The van der Waals surface area contributed by atoms with E-state index in [0.29, 0.717) is 28.5 Å². The van der Waals surface area contributed by atoms with Crippen molar-refractivity contribution in [3.8, 4) is 5.75 Å². The van der Waals surface area contributed by atoms with Crippen molar-refractivity contribution in [2.75, 3.05) is 10.6 Å². The first kappa shape index (κ1) is 20.3. The zero-order chi connectivity index (χ0) is 22.4. The summed E-state index contributed by atoms with van der Waals surface area (Å²) in [5.74, 6) is 0.173. The highest BCUT2D eigenvalue weighted by atomic mass is 32.1. The summed E-state index contributed by atoms with van der Waals surface area (Å²) in [6.07, 6.45) is -0.538. The number of benzene rings is 2. The lowest BCUT2D eigenvalue weighted by Crippen LogP contribution is -2.34. The Morgan fingerprint density at radius 2 is 1.97 bits per heavy atom. The molecule has 0 aliphatic carbocycles. The lowest BCUT2D eigenvalue weighted by atomic mass is 10.1. The molecule has 4 aromatic rings. The quantitative estimate of drug-likeness (QED) is 0.474. The van der Waals surface area contributed by atoms with Gasteiger partial charge in [-0.2, -0.15) is 5.10 Å². The number of thiophene rings is 1. The minimum Gasteiger partial charge on any atom is -0.479 e. The maximum Gasteiger partial charge on any atom is 0.265 e. The zero-order valence-corrected chi connectivity index (χ0v) is 18.7. The molecule has 1 atom stereocenters. The molecule has 0 unspecified atom stereocenters. The standard InChI is InChI=1S/C24H22N4O3S/c1-13-4-6-16(7-5-13)12-28-24-18(14(2)27-28)11-21(32-24)23(30)25-17-8-9-20-19(10-17)26-22(29)15(3)31-20/h4-11,15H,12H2,1-3H3,(H,25,30)(H,26,29)/t15-/m1/s1. The lowest BCUT2D eigenvalue weighted by molar-refractivity contribution is -0.122. The molecular formula is C24H22N4O3S. The van der Waals surface area contributed by atoms with Gasteiger partial charge in [0.2, 0.25) is 0 Å². The van der Waals surface area contributed by atoms with E-state index in [-0.39, 0.29) is 11.8 Å². The van der Waals surface area contributed by atoms with Crippen molar-refractivity contribution >= 4 is 44.7 Å². The normalized spacial score (nSPS) is 15.2. The predicted molar refractivity (Wildman–Crippen MR) is 126 cm³/mol. The Morgan fingerprint density at radius 3 is 2.75 bits per heavy atom. The number of nitrogens with one attached hydrogen (secondary N) is 2. The average Bonchev–Trinajstić information content (AvgIpc) is 3.32. The topological polar surface area (TPSA) is 85.3 Å². The van der Waals surface area contributed by atoms with Crippen LogP contribution in [0.5, 0.6) is 5.75 Å². The number of amides is 2. The molecule has 162 valence electrons. The summed E-state index contributed by atoms with van der Waals surface area (Å²) in [6.45, 7) is 6.36. The molecule has 0 radical (unpaired) electrons. The second-order valence-electron chi connectivity index (χ2n) is 7.97. The first-order valence-corrected chi connectivity index (χ1v) is 11.1. The zero-order valence-electron chi connectivity index (χ0n) is 17.9. The van der Waals surface area contributed by atoms with E-state index in [2.05, 4.69) is 46.9 Å². The van der Waals surface area contributed by atoms with E-state index in [9.17, 15) is 9.59 Å². The molecule has 2 amide bonds. The second kappa shape index (κ2) is 7.80. The van der Waals surface area contributed by atoms with Crippen LogP contribution >= 0.6 is 11.3 Å². The smallest absolute Gasteiger partial charge is 0.265 e. The highest BCUT2D eigenvalue weighted by molar-refractivity contribution is 7.20. The van der Waals surface area contributed by atoms with E-state index in [1.165, 1.54) is 16.9 Å². The molecule has 3 heterocycles. The molecule has 2 aromatic heterocycles. The Morgan fingerprint density at radius 1 is 1.19 bits per heavy atom. The number of carbonyl (C=O) groups is 2. The van der Waals surface area contributed by atoms with Crippen LogP contribution in [0.1, 0.15) is 33.4 Å². The number of hydrogen-bond acceptors (Lipinski definition) is 5. The van der Waals surface area contributed by atoms with Gasteiger partial charge < -0.3 is 15.4 Å². The van der Waals surface area contributed by atoms with E-state index in [1.807, 2.05) is 17.7 Å². The third-order valence-electron chi connectivity index (χ3n) is 5.45. The molecule has 7 nitrogen and oxygen atoms in total.